The second-order valence-corrected chi connectivity index (χ2v) is 6.30. The number of anilines is 1. The molecule has 134 valence electrons. The quantitative estimate of drug-likeness (QED) is 0.719. The van der Waals surface area contributed by atoms with Gasteiger partial charge in [0.05, 0.1) is 19.9 Å². The van der Waals surface area contributed by atoms with Crippen LogP contribution in [0.25, 0.3) is 11.3 Å². The molecule has 0 aliphatic heterocycles. The number of amides is 1. The summed E-state index contributed by atoms with van der Waals surface area (Å²) in [5.74, 6) is 0.716. The van der Waals surface area contributed by atoms with Gasteiger partial charge in [0.2, 0.25) is 0 Å². The van der Waals surface area contributed by atoms with Crippen LogP contribution in [0.1, 0.15) is 16.1 Å². The molecule has 2 heterocycles. The van der Waals surface area contributed by atoms with Crippen LogP contribution in [-0.2, 0) is 0 Å². The van der Waals surface area contributed by atoms with Crippen molar-refractivity contribution in [1.82, 2.24) is 9.97 Å². The average molecular weight is 371 g/mol. The molecule has 0 radical (unpaired) electrons. The topological polar surface area (TPSA) is 93.3 Å². The number of aryl methyl sites for hydroxylation is 1. The van der Waals surface area contributed by atoms with Gasteiger partial charge in [0, 0.05) is 16.6 Å². The summed E-state index contributed by atoms with van der Waals surface area (Å²) in [6.45, 7) is 1.75. The molecule has 2 N–H and O–H groups in total. The van der Waals surface area contributed by atoms with Gasteiger partial charge in [0.25, 0.3) is 11.5 Å². The average Bonchev–Trinajstić information content (AvgIpc) is 3.09. The van der Waals surface area contributed by atoms with Crippen molar-refractivity contribution in [1.29, 1.82) is 0 Å². The van der Waals surface area contributed by atoms with E-state index >= 15 is 0 Å². The first-order valence-electron chi connectivity index (χ1n) is 7.71. The summed E-state index contributed by atoms with van der Waals surface area (Å²) in [6, 6.07) is 8.62. The molecule has 8 heteroatoms. The lowest BCUT2D eigenvalue weighted by atomic mass is 10.1. The van der Waals surface area contributed by atoms with E-state index in [1.807, 2.05) is 17.5 Å². The Kier molecular flexibility index (Phi) is 5.04. The molecule has 0 spiro atoms. The maximum absolute atomic E-state index is 12.3. The molecule has 3 aromatic rings. The van der Waals surface area contributed by atoms with Gasteiger partial charge >= 0.3 is 0 Å². The fraction of sp³-hybridized carbons (Fsp3) is 0.167. The van der Waals surface area contributed by atoms with E-state index in [-0.39, 0.29) is 5.56 Å². The Hall–Kier alpha value is -3.13. The smallest absolute Gasteiger partial charge is 0.263 e. The Morgan fingerprint density at radius 3 is 2.62 bits per heavy atom. The minimum absolute atomic E-state index is 0.0402. The molecule has 0 saturated heterocycles. The van der Waals surface area contributed by atoms with Gasteiger partial charge in [0.15, 0.2) is 16.6 Å². The summed E-state index contributed by atoms with van der Waals surface area (Å²) in [7, 11) is 3.13. The Balaban J connectivity index is 1.82. The maximum atomic E-state index is 12.3. The van der Waals surface area contributed by atoms with E-state index in [2.05, 4.69) is 15.3 Å². The second kappa shape index (κ2) is 7.40. The van der Waals surface area contributed by atoms with Crippen molar-refractivity contribution in [3.05, 3.63) is 57.3 Å². The lowest BCUT2D eigenvalue weighted by molar-refractivity contribution is 0.102. The minimum Gasteiger partial charge on any atom is -0.493 e. The number of aromatic amines is 1. The zero-order chi connectivity index (χ0) is 18.7. The molecule has 0 atom stereocenters. The van der Waals surface area contributed by atoms with Crippen molar-refractivity contribution in [2.45, 2.75) is 6.92 Å². The molecule has 0 fully saturated rings. The Morgan fingerprint density at radius 2 is 1.92 bits per heavy atom. The third-order valence-electron chi connectivity index (χ3n) is 3.70. The van der Waals surface area contributed by atoms with Gasteiger partial charge in [0.1, 0.15) is 5.56 Å². The predicted octanol–water partition coefficient (Wildman–Crippen LogP) is 3.08. The van der Waals surface area contributed by atoms with Gasteiger partial charge in [-0.25, -0.2) is 4.98 Å². The van der Waals surface area contributed by atoms with Crippen LogP contribution < -0.4 is 20.3 Å². The summed E-state index contributed by atoms with van der Waals surface area (Å²) in [6.07, 6.45) is 0. The molecule has 0 saturated carbocycles. The van der Waals surface area contributed by atoms with E-state index in [4.69, 9.17) is 9.47 Å². The largest absolute Gasteiger partial charge is 0.493 e. The van der Waals surface area contributed by atoms with Gasteiger partial charge in [-0.05, 0) is 37.3 Å². The van der Waals surface area contributed by atoms with E-state index in [0.717, 1.165) is 5.56 Å². The molecule has 2 aromatic heterocycles. The number of carbonyl (C=O) groups is 1. The third-order valence-corrected chi connectivity index (χ3v) is 4.46. The third kappa shape index (κ3) is 3.60. The second-order valence-electron chi connectivity index (χ2n) is 5.45. The number of pyridine rings is 1. The molecule has 26 heavy (non-hydrogen) atoms. The van der Waals surface area contributed by atoms with Crippen LogP contribution in [0.2, 0.25) is 0 Å². The van der Waals surface area contributed by atoms with Gasteiger partial charge in [-0.3, -0.25) is 14.9 Å². The van der Waals surface area contributed by atoms with Crippen molar-refractivity contribution < 1.29 is 14.3 Å². The molecule has 1 aromatic carbocycles. The number of hydrogen-bond acceptors (Lipinski definition) is 6. The number of benzene rings is 1. The highest BCUT2D eigenvalue weighted by atomic mass is 32.1. The van der Waals surface area contributed by atoms with Crippen LogP contribution in [0, 0.1) is 6.92 Å². The van der Waals surface area contributed by atoms with Crippen LogP contribution in [0.4, 0.5) is 5.13 Å². The lowest BCUT2D eigenvalue weighted by Gasteiger charge is -2.08. The van der Waals surface area contributed by atoms with E-state index < -0.39 is 11.5 Å². The Morgan fingerprint density at radius 1 is 1.15 bits per heavy atom. The number of thiazole rings is 1. The fourth-order valence-corrected chi connectivity index (χ4v) is 3.09. The molecule has 1 amide bonds. The number of nitrogens with one attached hydrogen (secondary N) is 2. The van der Waals surface area contributed by atoms with Crippen molar-refractivity contribution >= 4 is 22.4 Å². The van der Waals surface area contributed by atoms with Gasteiger partial charge in [-0.1, -0.05) is 0 Å². The van der Waals surface area contributed by atoms with Crippen molar-refractivity contribution in [2.24, 2.45) is 0 Å². The maximum Gasteiger partial charge on any atom is 0.263 e. The minimum atomic E-state index is -0.500. The van der Waals surface area contributed by atoms with E-state index in [0.29, 0.717) is 28.0 Å². The van der Waals surface area contributed by atoms with Crippen LogP contribution in [0.5, 0.6) is 11.5 Å². The zero-order valence-corrected chi connectivity index (χ0v) is 15.3. The number of ether oxygens (including phenoxy) is 2. The molecule has 7 nitrogen and oxygen atoms in total. The summed E-state index contributed by atoms with van der Waals surface area (Å²) < 4.78 is 10.5. The van der Waals surface area contributed by atoms with Crippen molar-refractivity contribution in [3.8, 4) is 22.8 Å². The van der Waals surface area contributed by atoms with Crippen LogP contribution in [0.15, 0.2) is 40.5 Å². The number of methoxy groups -OCH3 is 2. The molecule has 0 aliphatic rings. The monoisotopic (exact) mass is 371 g/mol. The van der Waals surface area contributed by atoms with Gasteiger partial charge < -0.3 is 14.5 Å². The summed E-state index contributed by atoms with van der Waals surface area (Å²) in [5, 5.41) is 4.87. The van der Waals surface area contributed by atoms with Crippen LogP contribution >= 0.6 is 11.3 Å². The first-order valence-corrected chi connectivity index (χ1v) is 8.59. The normalized spacial score (nSPS) is 10.4. The Bertz CT molecular complexity index is 1010. The fourth-order valence-electron chi connectivity index (χ4n) is 2.37. The molecular formula is C18H17N3O4S. The predicted molar refractivity (Wildman–Crippen MR) is 100 cm³/mol. The molecule has 0 bridgehead atoms. The Labute approximate surface area is 153 Å². The van der Waals surface area contributed by atoms with E-state index in [9.17, 15) is 9.59 Å². The highest BCUT2D eigenvalue weighted by Gasteiger charge is 2.14. The molecule has 0 unspecified atom stereocenters. The first-order chi connectivity index (χ1) is 12.5. The SMILES string of the molecule is COc1ccc(-c2csc(NC(=O)c3ccc(C)[nH]c3=O)n2)cc1OC. The van der Waals surface area contributed by atoms with Crippen molar-refractivity contribution in [2.75, 3.05) is 19.5 Å². The zero-order valence-electron chi connectivity index (χ0n) is 14.5. The van der Waals surface area contributed by atoms with Gasteiger partial charge in [-0.2, -0.15) is 0 Å². The molecule has 3 rings (SSSR count). The standard InChI is InChI=1S/C18H17N3O4S/c1-10-4-6-12(16(22)19-10)17(23)21-18-20-13(9-26-18)11-5-7-14(24-2)15(8-11)25-3/h4-9H,1-3H3,(H,19,22)(H,20,21,23). The number of hydrogen-bond donors (Lipinski definition) is 2. The number of nitrogens with zero attached hydrogens (tertiary/aromatic N) is 1. The highest BCUT2D eigenvalue weighted by molar-refractivity contribution is 7.14. The summed E-state index contributed by atoms with van der Waals surface area (Å²) in [4.78, 5) is 31.1. The van der Waals surface area contributed by atoms with Crippen LogP contribution in [0.3, 0.4) is 0 Å². The number of carbonyl (C=O) groups excluding carboxylic acids is 1. The summed E-state index contributed by atoms with van der Waals surface area (Å²) >= 11 is 1.27. The highest BCUT2D eigenvalue weighted by Crippen LogP contribution is 2.33. The van der Waals surface area contributed by atoms with E-state index in [1.165, 1.54) is 17.4 Å². The van der Waals surface area contributed by atoms with Crippen LogP contribution in [-0.4, -0.2) is 30.1 Å². The lowest BCUT2D eigenvalue weighted by Crippen LogP contribution is -2.23. The number of aromatic nitrogens is 2. The van der Waals surface area contributed by atoms with Crippen molar-refractivity contribution in [3.63, 3.8) is 0 Å². The molecule has 0 aliphatic carbocycles. The number of rotatable bonds is 5. The number of H-pyrrole nitrogens is 1. The first kappa shape index (κ1) is 17.7. The van der Waals surface area contributed by atoms with Gasteiger partial charge in [-0.15, -0.1) is 11.3 Å². The molecular weight excluding hydrogens is 354 g/mol. The van der Waals surface area contributed by atoms with E-state index in [1.54, 1.807) is 33.3 Å². The summed E-state index contributed by atoms with van der Waals surface area (Å²) in [5.41, 5.74) is 1.81.